The highest BCUT2D eigenvalue weighted by Gasteiger charge is 2.49. The Labute approximate surface area is 119 Å². The van der Waals surface area contributed by atoms with E-state index in [1.165, 1.54) is 12.2 Å². The van der Waals surface area contributed by atoms with Gasteiger partial charge in [0.15, 0.2) is 0 Å². The van der Waals surface area contributed by atoms with Crippen molar-refractivity contribution in [1.29, 1.82) is 0 Å². The molecular formula is C16H22O4. The van der Waals surface area contributed by atoms with Gasteiger partial charge in [0.25, 0.3) is 0 Å². The van der Waals surface area contributed by atoms with E-state index in [2.05, 4.69) is 13.2 Å². The minimum atomic E-state index is -0.346. The molecule has 3 saturated carbocycles. The quantitative estimate of drug-likeness (QED) is 0.554. The molecule has 0 radical (unpaired) electrons. The summed E-state index contributed by atoms with van der Waals surface area (Å²) < 4.78 is 10.5. The highest BCUT2D eigenvalue weighted by Crippen LogP contribution is 2.57. The zero-order valence-electron chi connectivity index (χ0n) is 11.9. The zero-order valence-corrected chi connectivity index (χ0v) is 11.9. The standard InChI is InChI=1S/C16H22O4/c1-3-13(17)19-11-15-5-8-16(9-6-15,10-7-15)12-20-14(18)4-2/h3-4H,1-2,5-12H2. The van der Waals surface area contributed by atoms with E-state index >= 15 is 0 Å². The van der Waals surface area contributed by atoms with E-state index in [1.807, 2.05) is 0 Å². The Bertz CT molecular complexity index is 360. The third kappa shape index (κ3) is 3.11. The van der Waals surface area contributed by atoms with Gasteiger partial charge in [-0.15, -0.1) is 0 Å². The number of carbonyl (C=O) groups excluding carboxylic acids is 2. The van der Waals surface area contributed by atoms with Crippen LogP contribution < -0.4 is 0 Å². The van der Waals surface area contributed by atoms with Gasteiger partial charge >= 0.3 is 11.9 Å². The molecule has 3 aliphatic rings. The number of carbonyl (C=O) groups is 2. The number of ether oxygens (including phenoxy) is 2. The molecule has 3 fully saturated rings. The van der Waals surface area contributed by atoms with Crippen LogP contribution in [0.2, 0.25) is 0 Å². The smallest absolute Gasteiger partial charge is 0.330 e. The molecule has 0 saturated heterocycles. The molecule has 0 spiro atoms. The van der Waals surface area contributed by atoms with Gasteiger partial charge in [-0.05, 0) is 38.5 Å². The topological polar surface area (TPSA) is 52.6 Å². The van der Waals surface area contributed by atoms with Gasteiger partial charge in [-0.2, -0.15) is 0 Å². The molecule has 4 heteroatoms. The van der Waals surface area contributed by atoms with Crippen LogP contribution in [0.5, 0.6) is 0 Å². The number of esters is 2. The van der Waals surface area contributed by atoms with Crippen molar-refractivity contribution in [3.8, 4) is 0 Å². The minimum Gasteiger partial charge on any atom is -0.462 e. The van der Waals surface area contributed by atoms with Crippen molar-refractivity contribution in [3.63, 3.8) is 0 Å². The predicted octanol–water partition coefficient (Wildman–Crippen LogP) is 2.79. The van der Waals surface area contributed by atoms with Crippen LogP contribution in [0.4, 0.5) is 0 Å². The van der Waals surface area contributed by atoms with Crippen molar-refractivity contribution in [2.75, 3.05) is 13.2 Å². The minimum absolute atomic E-state index is 0.128. The van der Waals surface area contributed by atoms with Gasteiger partial charge in [0.05, 0.1) is 13.2 Å². The zero-order chi connectivity index (χ0) is 14.6. The molecule has 2 bridgehead atoms. The Kier molecular flexibility index (Phi) is 4.31. The summed E-state index contributed by atoms with van der Waals surface area (Å²) in [5.74, 6) is -0.691. The second-order valence-corrected chi connectivity index (χ2v) is 6.12. The summed E-state index contributed by atoms with van der Waals surface area (Å²) in [6.07, 6.45) is 8.60. The van der Waals surface area contributed by atoms with Gasteiger partial charge in [-0.25, -0.2) is 9.59 Å². The average Bonchev–Trinajstić information content (AvgIpc) is 2.52. The lowest BCUT2D eigenvalue weighted by Gasteiger charge is -2.52. The molecule has 0 aromatic rings. The Hall–Kier alpha value is -1.58. The first-order valence-corrected chi connectivity index (χ1v) is 7.12. The Balaban J connectivity index is 1.86. The van der Waals surface area contributed by atoms with Crippen LogP contribution >= 0.6 is 0 Å². The third-order valence-corrected chi connectivity index (χ3v) is 4.93. The maximum atomic E-state index is 11.2. The summed E-state index contributed by atoms with van der Waals surface area (Å²) >= 11 is 0. The van der Waals surface area contributed by atoms with Crippen molar-refractivity contribution in [2.45, 2.75) is 38.5 Å². The molecular weight excluding hydrogens is 256 g/mol. The van der Waals surface area contributed by atoms with E-state index < -0.39 is 0 Å². The molecule has 3 aliphatic carbocycles. The van der Waals surface area contributed by atoms with Crippen molar-refractivity contribution in [1.82, 2.24) is 0 Å². The van der Waals surface area contributed by atoms with Gasteiger partial charge in [-0.1, -0.05) is 13.2 Å². The fourth-order valence-corrected chi connectivity index (χ4v) is 3.34. The lowest BCUT2D eigenvalue weighted by molar-refractivity contribution is -0.153. The van der Waals surface area contributed by atoms with Crippen LogP contribution in [0.1, 0.15) is 38.5 Å². The van der Waals surface area contributed by atoms with Crippen LogP contribution in [0.15, 0.2) is 25.3 Å². The van der Waals surface area contributed by atoms with Crippen LogP contribution in [-0.2, 0) is 19.1 Å². The summed E-state index contributed by atoms with van der Waals surface area (Å²) in [6.45, 7) is 7.80. The van der Waals surface area contributed by atoms with Gasteiger partial charge in [-0.3, -0.25) is 0 Å². The number of hydrogen-bond acceptors (Lipinski definition) is 4. The molecule has 0 aromatic heterocycles. The molecule has 3 rings (SSSR count). The van der Waals surface area contributed by atoms with E-state index in [9.17, 15) is 9.59 Å². The highest BCUT2D eigenvalue weighted by atomic mass is 16.5. The second-order valence-electron chi connectivity index (χ2n) is 6.12. The third-order valence-electron chi connectivity index (χ3n) is 4.93. The van der Waals surface area contributed by atoms with Gasteiger partial charge in [0, 0.05) is 23.0 Å². The number of fused-ring (bicyclic) bond motifs is 3. The maximum Gasteiger partial charge on any atom is 0.330 e. The molecule has 20 heavy (non-hydrogen) atoms. The van der Waals surface area contributed by atoms with Gasteiger partial charge in [0.2, 0.25) is 0 Å². The first-order valence-electron chi connectivity index (χ1n) is 7.12. The van der Waals surface area contributed by atoms with E-state index in [1.54, 1.807) is 0 Å². The molecule has 0 aliphatic heterocycles. The SMILES string of the molecule is C=CC(=O)OCC12CCC(COC(=O)C=C)(CC1)CC2. The lowest BCUT2D eigenvalue weighted by atomic mass is 9.54. The predicted molar refractivity (Wildman–Crippen MR) is 74.9 cm³/mol. The number of rotatable bonds is 6. The number of hydrogen-bond donors (Lipinski definition) is 0. The monoisotopic (exact) mass is 278 g/mol. The van der Waals surface area contributed by atoms with Crippen LogP contribution in [0.25, 0.3) is 0 Å². The van der Waals surface area contributed by atoms with Gasteiger partial charge < -0.3 is 9.47 Å². The van der Waals surface area contributed by atoms with Gasteiger partial charge in [0.1, 0.15) is 0 Å². The normalized spacial score (nSPS) is 31.4. The highest BCUT2D eigenvalue weighted by molar-refractivity contribution is 5.81. The molecule has 4 nitrogen and oxygen atoms in total. The Morgan fingerprint density at radius 3 is 1.35 bits per heavy atom. The summed E-state index contributed by atoms with van der Waals surface area (Å²) in [4.78, 5) is 22.4. The molecule has 0 atom stereocenters. The first-order chi connectivity index (χ1) is 9.53. The first kappa shape index (κ1) is 14.8. The fraction of sp³-hybridized carbons (Fsp3) is 0.625. The Morgan fingerprint density at radius 2 is 1.10 bits per heavy atom. The van der Waals surface area contributed by atoms with Crippen molar-refractivity contribution in [2.24, 2.45) is 10.8 Å². The fourth-order valence-electron chi connectivity index (χ4n) is 3.34. The molecule has 0 aromatic carbocycles. The molecule has 0 unspecified atom stereocenters. The largest absolute Gasteiger partial charge is 0.462 e. The maximum absolute atomic E-state index is 11.2. The molecule has 0 amide bonds. The van der Waals surface area contributed by atoms with E-state index in [0.29, 0.717) is 13.2 Å². The molecule has 0 heterocycles. The van der Waals surface area contributed by atoms with E-state index in [0.717, 1.165) is 38.5 Å². The van der Waals surface area contributed by atoms with Crippen LogP contribution in [-0.4, -0.2) is 25.2 Å². The van der Waals surface area contributed by atoms with Crippen LogP contribution in [0.3, 0.4) is 0 Å². The lowest BCUT2D eigenvalue weighted by Crippen LogP contribution is -2.46. The van der Waals surface area contributed by atoms with E-state index in [-0.39, 0.29) is 22.8 Å². The van der Waals surface area contributed by atoms with Crippen LogP contribution in [0, 0.1) is 10.8 Å². The summed E-state index contributed by atoms with van der Waals surface area (Å²) in [6, 6.07) is 0. The Morgan fingerprint density at radius 1 is 0.800 bits per heavy atom. The summed E-state index contributed by atoms with van der Waals surface area (Å²) in [5.41, 5.74) is 0.256. The van der Waals surface area contributed by atoms with Crippen molar-refractivity contribution < 1.29 is 19.1 Å². The summed E-state index contributed by atoms with van der Waals surface area (Å²) in [7, 11) is 0. The average molecular weight is 278 g/mol. The summed E-state index contributed by atoms with van der Waals surface area (Å²) in [5, 5.41) is 0. The van der Waals surface area contributed by atoms with E-state index in [4.69, 9.17) is 9.47 Å². The van der Waals surface area contributed by atoms with Crippen molar-refractivity contribution >= 4 is 11.9 Å². The van der Waals surface area contributed by atoms with Crippen molar-refractivity contribution in [3.05, 3.63) is 25.3 Å². The molecule has 0 N–H and O–H groups in total. The second kappa shape index (κ2) is 5.81. The molecule has 110 valence electrons.